The minimum absolute atomic E-state index is 0.0431. The van der Waals surface area contributed by atoms with Gasteiger partial charge in [0, 0.05) is 24.4 Å². The number of carbonyl (C=O) groups excluding carboxylic acids is 2. The van der Waals surface area contributed by atoms with E-state index < -0.39 is 18.0 Å². The van der Waals surface area contributed by atoms with Crippen molar-refractivity contribution in [3.05, 3.63) is 71.4 Å². The summed E-state index contributed by atoms with van der Waals surface area (Å²) in [5.74, 6) is 0.315. The first-order valence-electron chi connectivity index (χ1n) is 11.8. The van der Waals surface area contributed by atoms with E-state index in [1.165, 1.54) is 18.4 Å². The van der Waals surface area contributed by atoms with Gasteiger partial charge in [0.25, 0.3) is 0 Å². The SMILES string of the molecule is CCOC(=O)C1=C(CN2CCCC(c3nc(-c4cccc(F)c4)no3)C2)NC(=O)NC1c1ccco1. The van der Waals surface area contributed by atoms with E-state index in [1.54, 1.807) is 31.2 Å². The summed E-state index contributed by atoms with van der Waals surface area (Å²) in [7, 11) is 0. The molecule has 11 heteroatoms. The lowest BCUT2D eigenvalue weighted by Crippen LogP contribution is -2.49. The van der Waals surface area contributed by atoms with Crippen molar-refractivity contribution in [1.29, 1.82) is 0 Å². The van der Waals surface area contributed by atoms with Crippen LogP contribution < -0.4 is 10.6 Å². The number of furan rings is 1. The van der Waals surface area contributed by atoms with Crippen LogP contribution in [0.25, 0.3) is 11.4 Å². The highest BCUT2D eigenvalue weighted by atomic mass is 19.1. The summed E-state index contributed by atoms with van der Waals surface area (Å²) >= 11 is 0. The maximum atomic E-state index is 13.6. The molecule has 3 aromatic rings. The average Bonchev–Trinajstić information content (AvgIpc) is 3.57. The van der Waals surface area contributed by atoms with Crippen molar-refractivity contribution in [2.24, 2.45) is 0 Å². The number of esters is 1. The molecule has 5 rings (SSSR count). The maximum absolute atomic E-state index is 13.6. The molecule has 0 bridgehead atoms. The topological polar surface area (TPSA) is 123 Å². The molecule has 2 atom stereocenters. The van der Waals surface area contributed by atoms with Gasteiger partial charge in [0.15, 0.2) is 0 Å². The molecular weight excluding hydrogens is 469 g/mol. The van der Waals surface area contributed by atoms with E-state index in [4.69, 9.17) is 13.7 Å². The molecule has 1 fully saturated rings. The van der Waals surface area contributed by atoms with E-state index in [1.807, 2.05) is 0 Å². The van der Waals surface area contributed by atoms with E-state index >= 15 is 0 Å². The molecule has 0 aliphatic carbocycles. The Labute approximate surface area is 206 Å². The van der Waals surface area contributed by atoms with Gasteiger partial charge in [-0.25, -0.2) is 14.0 Å². The van der Waals surface area contributed by atoms with Crippen molar-refractivity contribution in [3.63, 3.8) is 0 Å². The molecule has 2 unspecified atom stereocenters. The number of amides is 2. The van der Waals surface area contributed by atoms with Gasteiger partial charge in [0.2, 0.25) is 11.7 Å². The van der Waals surface area contributed by atoms with Crippen molar-refractivity contribution in [3.8, 4) is 11.4 Å². The first-order chi connectivity index (χ1) is 17.5. The molecule has 2 aliphatic heterocycles. The molecule has 2 aromatic heterocycles. The highest BCUT2D eigenvalue weighted by molar-refractivity contribution is 5.95. The number of nitrogens with one attached hydrogen (secondary N) is 2. The quantitative estimate of drug-likeness (QED) is 0.478. The third-order valence-corrected chi connectivity index (χ3v) is 6.24. The summed E-state index contributed by atoms with van der Waals surface area (Å²) in [6.45, 7) is 3.59. The number of piperidine rings is 1. The Bertz CT molecular complexity index is 1270. The Balaban J connectivity index is 1.37. The number of aromatic nitrogens is 2. The second kappa shape index (κ2) is 10.3. The number of halogens is 1. The zero-order valence-electron chi connectivity index (χ0n) is 19.7. The van der Waals surface area contributed by atoms with Crippen LogP contribution in [0.4, 0.5) is 9.18 Å². The van der Waals surface area contributed by atoms with Crippen LogP contribution in [0, 0.1) is 5.82 Å². The van der Waals surface area contributed by atoms with Crippen LogP contribution in [-0.2, 0) is 9.53 Å². The highest BCUT2D eigenvalue weighted by Gasteiger charge is 2.36. The Morgan fingerprint density at radius 2 is 2.19 bits per heavy atom. The molecule has 0 radical (unpaired) electrons. The third kappa shape index (κ3) is 5.01. The zero-order valence-corrected chi connectivity index (χ0v) is 19.7. The van der Waals surface area contributed by atoms with Crippen molar-refractivity contribution >= 4 is 12.0 Å². The largest absolute Gasteiger partial charge is 0.467 e. The van der Waals surface area contributed by atoms with Crippen LogP contribution in [0.3, 0.4) is 0 Å². The molecule has 0 saturated carbocycles. The van der Waals surface area contributed by atoms with E-state index in [0.29, 0.717) is 47.4 Å². The van der Waals surface area contributed by atoms with Crippen molar-refractivity contribution in [1.82, 2.24) is 25.7 Å². The predicted octanol–water partition coefficient (Wildman–Crippen LogP) is 3.52. The van der Waals surface area contributed by atoms with Gasteiger partial charge in [-0.1, -0.05) is 17.3 Å². The number of hydrogen-bond donors (Lipinski definition) is 2. The summed E-state index contributed by atoms with van der Waals surface area (Å²) in [4.78, 5) is 32.0. The van der Waals surface area contributed by atoms with Crippen molar-refractivity contribution < 1.29 is 27.7 Å². The summed E-state index contributed by atoms with van der Waals surface area (Å²) in [5.41, 5.74) is 1.31. The first kappa shape index (κ1) is 23.7. The molecule has 4 heterocycles. The molecule has 10 nitrogen and oxygen atoms in total. The summed E-state index contributed by atoms with van der Waals surface area (Å²) in [6, 6.07) is 8.27. The van der Waals surface area contributed by atoms with Crippen molar-refractivity contribution in [2.45, 2.75) is 31.7 Å². The molecule has 188 valence electrons. The van der Waals surface area contributed by atoms with Crippen LogP contribution >= 0.6 is 0 Å². The number of likely N-dealkylation sites (tertiary alicyclic amines) is 1. The Morgan fingerprint density at radius 1 is 1.31 bits per heavy atom. The molecule has 2 aliphatic rings. The molecule has 2 N–H and O–H groups in total. The number of ether oxygens (including phenoxy) is 1. The Hall–Kier alpha value is -3.99. The van der Waals surface area contributed by atoms with Crippen LogP contribution in [0.15, 0.2) is 62.9 Å². The van der Waals surface area contributed by atoms with Gasteiger partial charge in [0.1, 0.15) is 17.6 Å². The molecular formula is C25H26FN5O5. The maximum Gasteiger partial charge on any atom is 0.338 e. The third-order valence-electron chi connectivity index (χ3n) is 6.24. The van der Waals surface area contributed by atoms with E-state index in [0.717, 1.165) is 19.4 Å². The number of urea groups is 1. The Morgan fingerprint density at radius 3 is 2.97 bits per heavy atom. The van der Waals surface area contributed by atoms with Gasteiger partial charge in [0.05, 0.1) is 24.4 Å². The minimum atomic E-state index is -0.756. The van der Waals surface area contributed by atoms with Gasteiger partial charge in [-0.2, -0.15) is 4.98 Å². The van der Waals surface area contributed by atoms with E-state index in [-0.39, 0.29) is 18.3 Å². The zero-order chi connectivity index (χ0) is 25.1. The lowest BCUT2D eigenvalue weighted by Gasteiger charge is -2.34. The predicted molar refractivity (Wildman–Crippen MR) is 125 cm³/mol. The molecule has 2 amide bonds. The number of hydrogen-bond acceptors (Lipinski definition) is 8. The fourth-order valence-corrected chi connectivity index (χ4v) is 4.63. The van der Waals surface area contributed by atoms with Gasteiger partial charge in [-0.05, 0) is 50.6 Å². The van der Waals surface area contributed by atoms with Gasteiger partial charge < -0.3 is 24.3 Å². The fraction of sp³-hybridized carbons (Fsp3) is 0.360. The summed E-state index contributed by atoms with van der Waals surface area (Å²) in [5, 5.41) is 9.57. The van der Waals surface area contributed by atoms with Crippen LogP contribution in [0.1, 0.15) is 43.4 Å². The molecule has 0 spiro atoms. The lowest BCUT2D eigenvalue weighted by atomic mass is 9.96. The smallest absolute Gasteiger partial charge is 0.338 e. The molecule has 1 aromatic carbocycles. The molecule has 36 heavy (non-hydrogen) atoms. The standard InChI is InChI=1S/C25H26FN5O5/c1-2-34-24(32)20-18(27-25(33)28-21(20)19-9-5-11-35-19)14-31-10-4-7-16(13-31)23-29-22(30-36-23)15-6-3-8-17(26)12-15/h3,5-6,8-9,11-12,16,21H,2,4,7,10,13-14H2,1H3,(H2,27,28,33). The lowest BCUT2D eigenvalue weighted by molar-refractivity contribution is -0.139. The second-order valence-corrected chi connectivity index (χ2v) is 8.70. The monoisotopic (exact) mass is 495 g/mol. The summed E-state index contributed by atoms with van der Waals surface area (Å²) in [6.07, 6.45) is 3.19. The fourth-order valence-electron chi connectivity index (χ4n) is 4.63. The average molecular weight is 496 g/mol. The number of rotatable bonds is 7. The van der Waals surface area contributed by atoms with E-state index in [9.17, 15) is 14.0 Å². The molecule has 1 saturated heterocycles. The normalized spacial score (nSPS) is 20.7. The van der Waals surface area contributed by atoms with E-state index in [2.05, 4.69) is 25.7 Å². The minimum Gasteiger partial charge on any atom is -0.467 e. The number of carbonyl (C=O) groups is 2. The van der Waals surface area contributed by atoms with Crippen LogP contribution in [0.5, 0.6) is 0 Å². The van der Waals surface area contributed by atoms with Gasteiger partial charge in [-0.3, -0.25) is 4.90 Å². The Kier molecular flexibility index (Phi) is 6.81. The van der Waals surface area contributed by atoms with Gasteiger partial charge in [-0.15, -0.1) is 0 Å². The first-order valence-corrected chi connectivity index (χ1v) is 11.8. The second-order valence-electron chi connectivity index (χ2n) is 8.70. The number of benzene rings is 1. The highest BCUT2D eigenvalue weighted by Crippen LogP contribution is 2.31. The van der Waals surface area contributed by atoms with Crippen LogP contribution in [-0.4, -0.2) is 53.3 Å². The number of nitrogens with zero attached hydrogens (tertiary/aromatic N) is 3. The van der Waals surface area contributed by atoms with Crippen molar-refractivity contribution in [2.75, 3.05) is 26.2 Å². The van der Waals surface area contributed by atoms with Gasteiger partial charge >= 0.3 is 12.0 Å². The van der Waals surface area contributed by atoms with Crippen LogP contribution in [0.2, 0.25) is 0 Å². The summed E-state index contributed by atoms with van der Waals surface area (Å²) < 4.78 is 29.9.